The van der Waals surface area contributed by atoms with Gasteiger partial charge in [-0.3, -0.25) is 19.4 Å². The second kappa shape index (κ2) is 8.39. The van der Waals surface area contributed by atoms with Gasteiger partial charge in [-0.05, 0) is 23.0 Å². The first-order chi connectivity index (χ1) is 14.4. The fourth-order valence-corrected chi connectivity index (χ4v) is 5.53. The molecule has 8 nitrogen and oxygen atoms in total. The van der Waals surface area contributed by atoms with Gasteiger partial charge in [-0.1, -0.05) is 29.8 Å². The Bertz CT molecular complexity index is 966. The molecule has 2 saturated heterocycles. The molecule has 1 aromatic carbocycles. The van der Waals surface area contributed by atoms with Crippen LogP contribution in [0.4, 0.5) is 4.79 Å². The van der Waals surface area contributed by atoms with Crippen molar-refractivity contribution in [2.24, 2.45) is 4.99 Å². The van der Waals surface area contributed by atoms with Crippen molar-refractivity contribution < 1.29 is 19.0 Å². The molecule has 158 valence electrons. The van der Waals surface area contributed by atoms with Crippen LogP contribution in [0.1, 0.15) is 17.2 Å². The van der Waals surface area contributed by atoms with Crippen LogP contribution in [0.3, 0.4) is 0 Å². The van der Waals surface area contributed by atoms with E-state index in [1.165, 1.54) is 18.3 Å². The zero-order chi connectivity index (χ0) is 21.4. The number of hydrogen-bond donors (Lipinski definition) is 0. The summed E-state index contributed by atoms with van der Waals surface area (Å²) in [6.07, 6.45) is 2.30. The highest BCUT2D eigenvalue weighted by atomic mass is 35.5. The first-order valence-electron chi connectivity index (χ1n) is 9.74. The van der Waals surface area contributed by atoms with E-state index < -0.39 is 12.1 Å². The van der Waals surface area contributed by atoms with Gasteiger partial charge in [0.05, 0.1) is 0 Å². The molecule has 0 aromatic heterocycles. The molecule has 30 heavy (non-hydrogen) atoms. The Morgan fingerprint density at radius 3 is 2.77 bits per heavy atom. The lowest BCUT2D eigenvalue weighted by atomic mass is 10.1. The lowest BCUT2D eigenvalue weighted by Gasteiger charge is -2.31. The van der Waals surface area contributed by atoms with Gasteiger partial charge in [0.2, 0.25) is 0 Å². The summed E-state index contributed by atoms with van der Waals surface area (Å²) in [5.41, 5.74) is 1.10. The number of likely N-dealkylation sites (N-methyl/N-ethyl adjacent to an activating group) is 2. The van der Waals surface area contributed by atoms with Crippen LogP contribution in [0.2, 0.25) is 5.02 Å². The summed E-state index contributed by atoms with van der Waals surface area (Å²) >= 11 is 8.16. The van der Waals surface area contributed by atoms with Crippen LogP contribution in [0.5, 0.6) is 0 Å². The minimum Gasteiger partial charge on any atom is -0.338 e. The summed E-state index contributed by atoms with van der Waals surface area (Å²) in [5.74, 6) is 0.748. The topological polar surface area (TPSA) is 76.3 Å². The summed E-state index contributed by atoms with van der Waals surface area (Å²) in [4.78, 5) is 46.2. The predicted octanol–water partition coefficient (Wildman–Crippen LogP) is 1.69. The maximum atomic E-state index is 13.0. The summed E-state index contributed by atoms with van der Waals surface area (Å²) in [6.45, 7) is 1.31. The number of fused-ring (bicyclic) bond motifs is 1. The number of hydrogen-bond acceptors (Lipinski definition) is 5. The molecule has 2 fully saturated rings. The first-order valence-corrected chi connectivity index (χ1v) is 11.2. The normalized spacial score (nSPS) is 24.4. The Hall–Kier alpha value is -2.39. The number of carbonyl (C=O) groups is 3. The summed E-state index contributed by atoms with van der Waals surface area (Å²) in [5, 5.41) is 1.00. The molecule has 0 spiro atoms. The number of carbonyl (C=O) groups excluding carboxylic acids is 3. The van der Waals surface area contributed by atoms with Crippen molar-refractivity contribution in [3.63, 3.8) is 0 Å². The van der Waals surface area contributed by atoms with Crippen LogP contribution >= 0.6 is 23.4 Å². The van der Waals surface area contributed by atoms with Gasteiger partial charge >= 0.3 is 6.03 Å². The maximum Gasteiger partial charge on any atom is 0.333 e. The minimum atomic E-state index is -0.737. The van der Waals surface area contributed by atoms with Crippen molar-refractivity contribution in [3.05, 3.63) is 34.9 Å². The van der Waals surface area contributed by atoms with Crippen LogP contribution in [0, 0.1) is 0 Å². The van der Waals surface area contributed by atoms with Crippen LogP contribution in [0.15, 0.2) is 29.3 Å². The number of amidine groups is 1. The summed E-state index contributed by atoms with van der Waals surface area (Å²) in [7, 11) is 3.02. The van der Waals surface area contributed by atoms with Crippen molar-refractivity contribution in [1.82, 2.24) is 14.7 Å². The van der Waals surface area contributed by atoms with Crippen LogP contribution < -0.4 is 0 Å². The third-order valence-electron chi connectivity index (χ3n) is 5.66. The average molecular weight is 449 g/mol. The SMILES string of the molecule is CN1C(=O)C2C(=NC=[N+]2CC(=O)N2CCSC(c3ccccc3Cl)CC2)N(C)C1=O. The maximum absolute atomic E-state index is 13.0. The molecular weight excluding hydrogens is 426 g/mol. The molecule has 3 aliphatic rings. The molecule has 0 radical (unpaired) electrons. The third kappa shape index (κ3) is 3.72. The molecule has 2 unspecified atom stereocenters. The Balaban J connectivity index is 1.41. The van der Waals surface area contributed by atoms with Crippen LogP contribution in [0.25, 0.3) is 0 Å². The number of imide groups is 1. The van der Waals surface area contributed by atoms with Crippen molar-refractivity contribution in [3.8, 4) is 0 Å². The van der Waals surface area contributed by atoms with Gasteiger partial charge in [-0.25, -0.2) is 9.37 Å². The number of aliphatic imine (C=N–C) groups is 1. The van der Waals surface area contributed by atoms with Gasteiger partial charge in [-0.15, -0.1) is 0 Å². The molecule has 0 aliphatic carbocycles. The molecule has 3 heterocycles. The van der Waals surface area contributed by atoms with E-state index in [2.05, 4.69) is 4.99 Å². The monoisotopic (exact) mass is 448 g/mol. The zero-order valence-electron chi connectivity index (χ0n) is 16.8. The highest BCUT2D eigenvalue weighted by Crippen LogP contribution is 2.37. The van der Waals surface area contributed by atoms with E-state index in [0.717, 1.165) is 27.7 Å². The quantitative estimate of drug-likeness (QED) is 0.659. The van der Waals surface area contributed by atoms with Crippen molar-refractivity contribution >= 4 is 53.4 Å². The van der Waals surface area contributed by atoms with Gasteiger partial charge in [0.15, 0.2) is 6.54 Å². The van der Waals surface area contributed by atoms with Gasteiger partial charge in [0.1, 0.15) is 0 Å². The summed E-state index contributed by atoms with van der Waals surface area (Å²) in [6, 6.07) is 6.67. The molecule has 0 saturated carbocycles. The highest BCUT2D eigenvalue weighted by Gasteiger charge is 2.51. The van der Waals surface area contributed by atoms with E-state index in [1.807, 2.05) is 40.9 Å². The van der Waals surface area contributed by atoms with E-state index in [4.69, 9.17) is 11.6 Å². The number of rotatable bonds is 3. The fraction of sp³-hybridized carbons (Fsp3) is 0.450. The molecule has 4 rings (SSSR count). The molecular formula is C20H23ClN5O3S+. The second-order valence-corrected chi connectivity index (χ2v) is 9.18. The Morgan fingerprint density at radius 2 is 2.00 bits per heavy atom. The first kappa shape index (κ1) is 20.9. The molecule has 4 amide bonds. The van der Waals surface area contributed by atoms with Crippen molar-refractivity contribution in [1.29, 1.82) is 0 Å². The minimum absolute atomic E-state index is 0.0424. The van der Waals surface area contributed by atoms with E-state index in [0.29, 0.717) is 18.9 Å². The number of amides is 4. The van der Waals surface area contributed by atoms with E-state index in [-0.39, 0.29) is 23.6 Å². The van der Waals surface area contributed by atoms with Crippen molar-refractivity contribution in [2.45, 2.75) is 17.7 Å². The largest absolute Gasteiger partial charge is 0.338 e. The standard InChI is InChI=1S/C20H23ClN5O3S/c1-23-18-17(19(28)24(2)20(23)29)26(12-22-18)11-16(27)25-8-7-15(30-10-9-25)13-5-3-4-6-14(13)21/h3-6,12,15,17H,7-11H2,1-2H3/q+1. The number of halogens is 1. The van der Waals surface area contributed by atoms with Crippen LogP contribution in [-0.2, 0) is 9.59 Å². The fourth-order valence-electron chi connectivity index (χ4n) is 3.93. The molecule has 10 heteroatoms. The average Bonchev–Trinajstić information content (AvgIpc) is 2.99. The number of nitrogens with zero attached hydrogens (tertiary/aromatic N) is 5. The van der Waals surface area contributed by atoms with E-state index in [1.54, 1.807) is 11.6 Å². The van der Waals surface area contributed by atoms with Gasteiger partial charge in [0.25, 0.3) is 30.0 Å². The molecule has 0 bridgehead atoms. The van der Waals surface area contributed by atoms with Gasteiger partial charge in [-0.2, -0.15) is 11.8 Å². The Morgan fingerprint density at radius 1 is 1.23 bits per heavy atom. The second-order valence-electron chi connectivity index (χ2n) is 7.47. The lowest BCUT2D eigenvalue weighted by molar-refractivity contribution is -0.520. The Kier molecular flexibility index (Phi) is 5.84. The molecule has 0 N–H and O–H groups in total. The smallest absolute Gasteiger partial charge is 0.333 e. The third-order valence-corrected chi connectivity index (χ3v) is 7.32. The number of urea groups is 1. The van der Waals surface area contributed by atoms with Gasteiger partial charge < -0.3 is 4.90 Å². The van der Waals surface area contributed by atoms with E-state index in [9.17, 15) is 14.4 Å². The highest BCUT2D eigenvalue weighted by molar-refractivity contribution is 7.99. The molecule has 3 aliphatic heterocycles. The lowest BCUT2D eigenvalue weighted by Crippen LogP contribution is -2.62. The van der Waals surface area contributed by atoms with E-state index >= 15 is 0 Å². The predicted molar refractivity (Wildman–Crippen MR) is 116 cm³/mol. The van der Waals surface area contributed by atoms with Crippen LogP contribution in [-0.4, -0.2) is 94.8 Å². The Labute approximate surface area is 184 Å². The summed E-state index contributed by atoms with van der Waals surface area (Å²) < 4.78 is 1.61. The number of thioether (sulfide) groups is 1. The molecule has 2 atom stereocenters. The van der Waals surface area contributed by atoms with Gasteiger partial charge in [0, 0.05) is 43.2 Å². The molecule has 1 aromatic rings. The zero-order valence-corrected chi connectivity index (χ0v) is 18.4. The number of benzene rings is 1. The van der Waals surface area contributed by atoms with Crippen molar-refractivity contribution in [2.75, 3.05) is 39.5 Å².